The molecular weight excluding hydrogens is 263 g/mol. The van der Waals surface area contributed by atoms with Crippen LogP contribution in [-0.4, -0.2) is 4.98 Å². The molecule has 20 heavy (non-hydrogen) atoms. The van der Waals surface area contributed by atoms with Crippen LogP contribution in [0.2, 0.25) is 0 Å². The van der Waals surface area contributed by atoms with Gasteiger partial charge in [-0.3, -0.25) is 0 Å². The summed E-state index contributed by atoms with van der Waals surface area (Å²) in [6, 6.07) is 26.6. The van der Waals surface area contributed by atoms with Crippen molar-refractivity contribution in [1.29, 1.82) is 0 Å². The number of rotatable bonds is 4. The normalized spacial score (nSPS) is 10.4. The van der Waals surface area contributed by atoms with Crippen LogP contribution < -0.4 is 10.6 Å². The van der Waals surface area contributed by atoms with E-state index in [1.165, 1.54) is 10.6 Å². The molecule has 1 heterocycles. The van der Waals surface area contributed by atoms with Gasteiger partial charge in [0.15, 0.2) is 0 Å². The average molecular weight is 277 g/mol. The van der Waals surface area contributed by atoms with Crippen LogP contribution in [0.1, 0.15) is 0 Å². The third-order valence-corrected chi connectivity index (χ3v) is 4.83. The zero-order valence-corrected chi connectivity index (χ0v) is 11.8. The molecule has 0 N–H and O–H groups in total. The van der Waals surface area contributed by atoms with E-state index in [0.717, 1.165) is 5.82 Å². The highest BCUT2D eigenvalue weighted by atomic mass is 31.1. The van der Waals surface area contributed by atoms with Crippen LogP contribution in [0, 0.1) is 0 Å². The number of benzene rings is 2. The van der Waals surface area contributed by atoms with Crippen LogP contribution in [0.3, 0.4) is 0 Å². The number of hydrogen-bond donors (Lipinski definition) is 0. The van der Waals surface area contributed by atoms with E-state index in [1.54, 1.807) is 6.20 Å². The Kier molecular flexibility index (Phi) is 4.05. The molecule has 0 atom stereocenters. The van der Waals surface area contributed by atoms with Crippen molar-refractivity contribution in [2.24, 2.45) is 0 Å². The van der Waals surface area contributed by atoms with Gasteiger partial charge in [-0.1, -0.05) is 90.9 Å². The van der Waals surface area contributed by atoms with E-state index < -0.39 is 8.07 Å². The van der Waals surface area contributed by atoms with Crippen LogP contribution >= 0.6 is 8.07 Å². The smallest absolute Gasteiger partial charge is 0.0194 e. The second kappa shape index (κ2) is 6.31. The lowest BCUT2D eigenvalue weighted by atomic mass is 10.4. The highest BCUT2D eigenvalue weighted by Crippen LogP contribution is 2.45. The van der Waals surface area contributed by atoms with Crippen LogP contribution in [-0.2, 0) is 0 Å². The van der Waals surface area contributed by atoms with Gasteiger partial charge in [0.05, 0.1) is 0 Å². The molecule has 2 nitrogen and oxygen atoms in total. The zero-order valence-electron chi connectivity index (χ0n) is 10.9. The fraction of sp³-hybridized carbons (Fsp3) is 0. The molecule has 0 saturated carbocycles. The van der Waals surface area contributed by atoms with E-state index in [-0.39, 0.29) is 0 Å². The van der Waals surface area contributed by atoms with E-state index in [1.807, 2.05) is 30.3 Å². The Morgan fingerprint density at radius 1 is 0.650 bits per heavy atom. The molecule has 0 unspecified atom stereocenters. The Morgan fingerprint density at radius 3 is 1.70 bits per heavy atom. The first-order valence-electron chi connectivity index (χ1n) is 6.46. The highest BCUT2D eigenvalue weighted by molar-refractivity contribution is 7.75. The lowest BCUT2D eigenvalue weighted by Crippen LogP contribution is -2.09. The molecule has 0 saturated heterocycles. The third kappa shape index (κ3) is 3.04. The number of aromatic nitrogens is 1. The largest absolute Gasteiger partial charge is 0.443 e. The lowest BCUT2D eigenvalue weighted by Gasteiger charge is -2.27. The Bertz CT molecular complexity index is 602. The standard InChI is InChI=1S/C17H14N2P/c1-3-9-15(10-4-1)20(16-11-5-2-6-12-16)19-17-13-7-8-14-18-17/h1-14H/q-1. The molecule has 0 bridgehead atoms. The molecule has 0 aliphatic carbocycles. The predicted molar refractivity (Wildman–Crippen MR) is 86.3 cm³/mol. The first kappa shape index (κ1) is 12.8. The van der Waals surface area contributed by atoms with Gasteiger partial charge in [-0.05, 0) is 18.7 Å². The first-order chi connectivity index (χ1) is 9.93. The summed E-state index contributed by atoms with van der Waals surface area (Å²) >= 11 is 0. The highest BCUT2D eigenvalue weighted by Gasteiger charge is 2.08. The Labute approximate surface area is 120 Å². The van der Waals surface area contributed by atoms with E-state index in [0.29, 0.717) is 0 Å². The molecule has 3 aromatic rings. The Balaban J connectivity index is 1.96. The summed E-state index contributed by atoms with van der Waals surface area (Å²) in [6.07, 6.45) is 1.78. The molecule has 1 aromatic heterocycles. The van der Waals surface area contributed by atoms with Crippen LogP contribution in [0.25, 0.3) is 5.09 Å². The molecule has 0 aliphatic rings. The minimum absolute atomic E-state index is 0.765. The predicted octanol–water partition coefficient (Wildman–Crippen LogP) is 4.13. The Morgan fingerprint density at radius 2 is 1.20 bits per heavy atom. The summed E-state index contributed by atoms with van der Waals surface area (Å²) in [5.41, 5.74) is 0. The summed E-state index contributed by atoms with van der Waals surface area (Å²) in [7, 11) is -0.765. The van der Waals surface area contributed by atoms with E-state index in [2.05, 4.69) is 53.5 Å². The molecule has 0 spiro atoms. The van der Waals surface area contributed by atoms with Crippen molar-refractivity contribution in [3.05, 3.63) is 90.1 Å². The van der Waals surface area contributed by atoms with Crippen LogP contribution in [0.5, 0.6) is 0 Å². The van der Waals surface area contributed by atoms with Gasteiger partial charge in [0.1, 0.15) is 0 Å². The minimum atomic E-state index is -0.765. The van der Waals surface area contributed by atoms with Crippen molar-refractivity contribution in [3.8, 4) is 0 Å². The number of pyridine rings is 1. The van der Waals surface area contributed by atoms with Crippen molar-refractivity contribution >= 4 is 24.5 Å². The molecule has 0 radical (unpaired) electrons. The van der Waals surface area contributed by atoms with Crippen molar-refractivity contribution < 1.29 is 0 Å². The SMILES string of the molecule is c1ccc(P([N-]c2ccccn2)c2ccccc2)cc1. The number of nitrogens with zero attached hydrogens (tertiary/aromatic N) is 2. The van der Waals surface area contributed by atoms with Crippen molar-refractivity contribution in [3.63, 3.8) is 0 Å². The van der Waals surface area contributed by atoms with Crippen molar-refractivity contribution in [1.82, 2.24) is 4.98 Å². The van der Waals surface area contributed by atoms with Crippen LogP contribution in [0.15, 0.2) is 85.1 Å². The van der Waals surface area contributed by atoms with Crippen molar-refractivity contribution in [2.75, 3.05) is 0 Å². The fourth-order valence-corrected chi connectivity index (χ4v) is 3.68. The minimum Gasteiger partial charge on any atom is -0.443 e. The van der Waals surface area contributed by atoms with E-state index in [9.17, 15) is 0 Å². The summed E-state index contributed by atoms with van der Waals surface area (Å²) in [5.74, 6) is 0.784. The van der Waals surface area contributed by atoms with Crippen molar-refractivity contribution in [2.45, 2.75) is 0 Å². The van der Waals surface area contributed by atoms with Gasteiger partial charge in [0, 0.05) is 0 Å². The molecular formula is C17H14N2P-. The number of hydrogen-bond acceptors (Lipinski definition) is 1. The summed E-state index contributed by atoms with van der Waals surface area (Å²) in [4.78, 5) is 4.32. The molecule has 3 heteroatoms. The van der Waals surface area contributed by atoms with Gasteiger partial charge in [-0.15, -0.1) is 0 Å². The topological polar surface area (TPSA) is 27.0 Å². The molecule has 0 aliphatic heterocycles. The maximum Gasteiger partial charge on any atom is -0.0194 e. The fourth-order valence-electron chi connectivity index (χ4n) is 1.92. The van der Waals surface area contributed by atoms with E-state index in [4.69, 9.17) is 5.09 Å². The van der Waals surface area contributed by atoms with Crippen LogP contribution in [0.4, 0.5) is 5.82 Å². The average Bonchev–Trinajstić information content (AvgIpc) is 2.55. The van der Waals surface area contributed by atoms with Gasteiger partial charge in [0.2, 0.25) is 0 Å². The molecule has 2 aromatic carbocycles. The third-order valence-electron chi connectivity index (χ3n) is 2.85. The monoisotopic (exact) mass is 277 g/mol. The summed E-state index contributed by atoms with van der Waals surface area (Å²) in [5, 5.41) is 7.32. The maximum atomic E-state index is 4.85. The molecule has 0 amide bonds. The maximum absolute atomic E-state index is 4.85. The van der Waals surface area contributed by atoms with Gasteiger partial charge in [0.25, 0.3) is 0 Å². The zero-order chi connectivity index (χ0) is 13.6. The van der Waals surface area contributed by atoms with Gasteiger partial charge in [-0.2, -0.15) is 0 Å². The van der Waals surface area contributed by atoms with Gasteiger partial charge >= 0.3 is 0 Å². The Hall–Kier alpha value is -2.18. The van der Waals surface area contributed by atoms with Gasteiger partial charge < -0.3 is 10.1 Å². The molecule has 0 fully saturated rings. The quantitative estimate of drug-likeness (QED) is 0.658. The molecule has 3 rings (SSSR count). The van der Waals surface area contributed by atoms with Gasteiger partial charge in [-0.25, -0.2) is 0 Å². The first-order valence-corrected chi connectivity index (χ1v) is 7.76. The van der Waals surface area contributed by atoms with E-state index >= 15 is 0 Å². The summed E-state index contributed by atoms with van der Waals surface area (Å²) in [6.45, 7) is 0. The second-order valence-electron chi connectivity index (χ2n) is 4.27. The lowest BCUT2D eigenvalue weighted by molar-refractivity contribution is 1.35. The summed E-state index contributed by atoms with van der Waals surface area (Å²) < 4.78 is 0. The second-order valence-corrected chi connectivity index (χ2v) is 6.13. The molecule has 98 valence electrons.